The summed E-state index contributed by atoms with van der Waals surface area (Å²) in [5.74, 6) is -0.669. The van der Waals surface area contributed by atoms with Crippen molar-refractivity contribution >= 4 is 25.7 Å². The number of methoxy groups -OCH3 is 1. The van der Waals surface area contributed by atoms with Gasteiger partial charge in [0.15, 0.2) is 0 Å². The number of aromatic nitrogens is 1. The minimum absolute atomic E-state index is 0.0172. The SMILES string of the molecule is COCCCOCCOC(=O)c1cc(S(=O)(=O)Cl)c[nH]1. The van der Waals surface area contributed by atoms with E-state index >= 15 is 0 Å². The van der Waals surface area contributed by atoms with E-state index in [0.717, 1.165) is 18.7 Å². The molecule has 0 bridgehead atoms. The minimum Gasteiger partial charge on any atom is -0.459 e. The second-order valence-electron chi connectivity index (χ2n) is 3.78. The molecule has 0 atom stereocenters. The zero-order valence-corrected chi connectivity index (χ0v) is 12.5. The monoisotopic (exact) mass is 325 g/mol. The van der Waals surface area contributed by atoms with Crippen molar-refractivity contribution in [2.45, 2.75) is 11.3 Å². The molecule has 0 aromatic carbocycles. The summed E-state index contributed by atoms with van der Waals surface area (Å²) in [6.45, 7) is 1.46. The molecule has 1 rings (SSSR count). The van der Waals surface area contributed by atoms with Crippen LogP contribution in [0.4, 0.5) is 0 Å². The van der Waals surface area contributed by atoms with Crippen LogP contribution in [0.2, 0.25) is 0 Å². The van der Waals surface area contributed by atoms with Gasteiger partial charge >= 0.3 is 5.97 Å². The number of ether oxygens (including phenoxy) is 3. The Morgan fingerprint density at radius 2 is 2.05 bits per heavy atom. The average Bonchev–Trinajstić information content (AvgIpc) is 2.87. The number of rotatable bonds is 9. The highest BCUT2D eigenvalue weighted by atomic mass is 35.7. The quantitative estimate of drug-likeness (QED) is 0.416. The number of hydrogen-bond acceptors (Lipinski definition) is 6. The first-order chi connectivity index (χ1) is 9.45. The molecular weight excluding hydrogens is 310 g/mol. The summed E-state index contributed by atoms with van der Waals surface area (Å²) in [6.07, 6.45) is 1.89. The Morgan fingerprint density at radius 3 is 2.65 bits per heavy atom. The van der Waals surface area contributed by atoms with E-state index in [1.165, 1.54) is 0 Å². The first-order valence-electron chi connectivity index (χ1n) is 5.82. The van der Waals surface area contributed by atoms with Crippen molar-refractivity contribution in [3.63, 3.8) is 0 Å². The molecule has 0 aliphatic carbocycles. The third kappa shape index (κ3) is 5.91. The first kappa shape index (κ1) is 17.0. The maximum absolute atomic E-state index is 11.6. The number of esters is 1. The van der Waals surface area contributed by atoms with Gasteiger partial charge < -0.3 is 19.2 Å². The average molecular weight is 326 g/mol. The van der Waals surface area contributed by atoms with Gasteiger partial charge in [-0.2, -0.15) is 0 Å². The van der Waals surface area contributed by atoms with Crippen molar-refractivity contribution < 1.29 is 27.4 Å². The molecule has 0 unspecified atom stereocenters. The van der Waals surface area contributed by atoms with Crippen molar-refractivity contribution in [2.75, 3.05) is 33.5 Å². The van der Waals surface area contributed by atoms with Crippen LogP contribution >= 0.6 is 10.7 Å². The van der Waals surface area contributed by atoms with E-state index < -0.39 is 15.0 Å². The van der Waals surface area contributed by atoms with Crippen LogP contribution in [0.5, 0.6) is 0 Å². The van der Waals surface area contributed by atoms with Gasteiger partial charge in [-0.05, 0) is 12.5 Å². The maximum Gasteiger partial charge on any atom is 0.354 e. The van der Waals surface area contributed by atoms with Crippen molar-refractivity contribution in [2.24, 2.45) is 0 Å². The molecule has 0 amide bonds. The number of halogens is 1. The maximum atomic E-state index is 11.6. The molecule has 0 saturated carbocycles. The molecular formula is C11H16ClNO6S. The molecule has 0 saturated heterocycles. The molecule has 7 nitrogen and oxygen atoms in total. The smallest absolute Gasteiger partial charge is 0.354 e. The van der Waals surface area contributed by atoms with Crippen LogP contribution in [0.3, 0.4) is 0 Å². The molecule has 1 aromatic heterocycles. The lowest BCUT2D eigenvalue weighted by Gasteiger charge is -2.04. The van der Waals surface area contributed by atoms with Gasteiger partial charge in [-0.15, -0.1) is 0 Å². The first-order valence-corrected chi connectivity index (χ1v) is 8.13. The topological polar surface area (TPSA) is 94.7 Å². The van der Waals surface area contributed by atoms with E-state index in [1.807, 2.05) is 0 Å². The summed E-state index contributed by atoms with van der Waals surface area (Å²) in [5, 5.41) is 0. The number of carbonyl (C=O) groups excluding carboxylic acids is 1. The van der Waals surface area contributed by atoms with E-state index in [0.29, 0.717) is 13.2 Å². The van der Waals surface area contributed by atoms with Gasteiger partial charge in [0, 0.05) is 37.2 Å². The van der Waals surface area contributed by atoms with E-state index in [9.17, 15) is 13.2 Å². The lowest BCUT2D eigenvalue weighted by Crippen LogP contribution is -2.12. The highest BCUT2D eigenvalue weighted by Gasteiger charge is 2.16. The van der Waals surface area contributed by atoms with Gasteiger partial charge in [0.05, 0.1) is 6.61 Å². The largest absolute Gasteiger partial charge is 0.459 e. The molecule has 0 fully saturated rings. The van der Waals surface area contributed by atoms with Crippen LogP contribution in [0.1, 0.15) is 16.9 Å². The van der Waals surface area contributed by atoms with Gasteiger partial charge in [0.1, 0.15) is 17.2 Å². The molecule has 114 valence electrons. The second-order valence-corrected chi connectivity index (χ2v) is 6.35. The number of H-pyrrole nitrogens is 1. The van der Waals surface area contributed by atoms with Crippen LogP contribution in [-0.4, -0.2) is 52.9 Å². The van der Waals surface area contributed by atoms with Crippen molar-refractivity contribution in [3.8, 4) is 0 Å². The van der Waals surface area contributed by atoms with E-state index in [-0.39, 0.29) is 23.8 Å². The van der Waals surface area contributed by atoms with Crippen molar-refractivity contribution in [3.05, 3.63) is 18.0 Å². The molecule has 1 N–H and O–H groups in total. The zero-order chi connectivity index (χ0) is 15.0. The van der Waals surface area contributed by atoms with Gasteiger partial charge in [-0.3, -0.25) is 0 Å². The Morgan fingerprint density at radius 1 is 1.30 bits per heavy atom. The van der Waals surface area contributed by atoms with Crippen LogP contribution in [-0.2, 0) is 23.3 Å². The molecule has 0 aliphatic heterocycles. The third-order valence-corrected chi connectivity index (χ3v) is 3.59. The number of nitrogens with one attached hydrogen (secondary N) is 1. The third-order valence-electron chi connectivity index (χ3n) is 2.26. The summed E-state index contributed by atoms with van der Waals surface area (Å²) in [6, 6.07) is 1.12. The summed E-state index contributed by atoms with van der Waals surface area (Å²) in [5.41, 5.74) is 0.0172. The van der Waals surface area contributed by atoms with Crippen LogP contribution in [0.25, 0.3) is 0 Å². The van der Waals surface area contributed by atoms with Gasteiger partial charge in [-0.1, -0.05) is 0 Å². The number of aromatic amines is 1. The molecule has 0 spiro atoms. The highest BCUT2D eigenvalue weighted by molar-refractivity contribution is 8.13. The molecule has 1 heterocycles. The Balaban J connectivity index is 2.28. The summed E-state index contributed by atoms with van der Waals surface area (Å²) < 4.78 is 37.0. The van der Waals surface area contributed by atoms with Crippen molar-refractivity contribution in [1.82, 2.24) is 4.98 Å². The fourth-order valence-electron chi connectivity index (χ4n) is 1.31. The fraction of sp³-hybridized carbons (Fsp3) is 0.545. The molecule has 1 aromatic rings. The Kier molecular flexibility index (Phi) is 7.00. The van der Waals surface area contributed by atoms with Gasteiger partial charge in [0.2, 0.25) is 0 Å². The Bertz CT molecular complexity index is 527. The standard InChI is InChI=1S/C11H16ClNO6S/c1-17-3-2-4-18-5-6-19-11(14)10-7-9(8-13-10)20(12,15)16/h7-8,13H,2-6H2,1H3. The second kappa shape index (κ2) is 8.25. The normalized spacial score (nSPS) is 11.5. The molecule has 20 heavy (non-hydrogen) atoms. The fourth-order valence-corrected chi connectivity index (χ4v) is 2.04. The summed E-state index contributed by atoms with van der Waals surface area (Å²) in [4.78, 5) is 13.9. The van der Waals surface area contributed by atoms with Gasteiger partial charge in [-0.25, -0.2) is 13.2 Å². The Hall–Kier alpha value is -1.09. The predicted octanol–water partition coefficient (Wildman–Crippen LogP) is 1.15. The minimum atomic E-state index is -3.86. The molecule has 9 heteroatoms. The lowest BCUT2D eigenvalue weighted by molar-refractivity contribution is 0.0283. The van der Waals surface area contributed by atoms with Crippen LogP contribution < -0.4 is 0 Å². The highest BCUT2D eigenvalue weighted by Crippen LogP contribution is 2.16. The van der Waals surface area contributed by atoms with Crippen molar-refractivity contribution in [1.29, 1.82) is 0 Å². The van der Waals surface area contributed by atoms with Gasteiger partial charge in [0.25, 0.3) is 9.05 Å². The zero-order valence-electron chi connectivity index (χ0n) is 10.9. The van der Waals surface area contributed by atoms with Crippen LogP contribution in [0.15, 0.2) is 17.2 Å². The van der Waals surface area contributed by atoms with E-state index in [4.69, 9.17) is 24.9 Å². The van der Waals surface area contributed by atoms with E-state index in [2.05, 4.69) is 4.98 Å². The lowest BCUT2D eigenvalue weighted by atomic mass is 10.4. The molecule has 0 radical (unpaired) electrons. The number of carbonyl (C=O) groups is 1. The molecule has 0 aliphatic rings. The number of hydrogen-bond donors (Lipinski definition) is 1. The van der Waals surface area contributed by atoms with E-state index in [1.54, 1.807) is 7.11 Å². The summed E-state index contributed by atoms with van der Waals surface area (Å²) >= 11 is 0. The summed E-state index contributed by atoms with van der Waals surface area (Å²) in [7, 11) is 2.88. The Labute approximate surface area is 121 Å². The van der Waals surface area contributed by atoms with Crippen LogP contribution in [0, 0.1) is 0 Å². The predicted molar refractivity (Wildman–Crippen MR) is 71.4 cm³/mol.